The molecule has 0 saturated carbocycles. The summed E-state index contributed by atoms with van der Waals surface area (Å²) in [7, 11) is 0. The van der Waals surface area contributed by atoms with Crippen molar-refractivity contribution in [1.82, 2.24) is 0 Å². The van der Waals surface area contributed by atoms with Crippen molar-refractivity contribution < 1.29 is 49.5 Å². The molecule has 0 aromatic heterocycles. The number of hydrogen-bond donors (Lipinski definition) is 1. The number of benzene rings is 3. The number of nitrogen functional groups attached to an aromatic ring is 1. The second-order valence-electron chi connectivity index (χ2n) is 12.1. The molecule has 283 valence electrons. The molecule has 50 heavy (non-hydrogen) atoms. The Kier molecular flexibility index (Phi) is 27.7. The maximum absolute atomic E-state index is 11.1. The van der Waals surface area contributed by atoms with Crippen LogP contribution < -0.4 is 5.73 Å². The number of aryl methyl sites for hydroxylation is 2. The Labute approximate surface area is 326 Å². The molecule has 3 aromatic rings. The first-order valence-electron chi connectivity index (χ1n) is 14.6. The Balaban J connectivity index is -0.000000576. The van der Waals surface area contributed by atoms with Crippen molar-refractivity contribution in [3.8, 4) is 0 Å². The molecule has 0 aliphatic carbocycles. The molecule has 9 nitrogen and oxygen atoms in total. The third-order valence-electron chi connectivity index (χ3n) is 5.22. The van der Waals surface area contributed by atoms with Gasteiger partial charge in [0, 0.05) is 22.4 Å². The van der Waals surface area contributed by atoms with E-state index in [4.69, 9.17) is 15.2 Å². The zero-order valence-electron chi connectivity index (χ0n) is 29.4. The van der Waals surface area contributed by atoms with Crippen molar-refractivity contribution in [2.24, 2.45) is 0 Å². The van der Waals surface area contributed by atoms with Gasteiger partial charge >= 0.3 is 51.9 Å². The Morgan fingerprint density at radius 1 is 0.620 bits per heavy atom. The molecule has 3 rings (SSSR count). The molecule has 0 unspecified atom stereocenters. The van der Waals surface area contributed by atoms with Crippen molar-refractivity contribution in [2.45, 2.75) is 87.9 Å². The molecule has 0 saturated heterocycles. The zero-order chi connectivity index (χ0) is 38.4. The number of alkyl halides is 1. The average molecular weight is 940 g/mol. The third kappa shape index (κ3) is 29.0. The number of carbonyl (C=O) groups is 5. The summed E-state index contributed by atoms with van der Waals surface area (Å²) in [5.41, 5.74) is 9.33. The van der Waals surface area contributed by atoms with Crippen LogP contribution in [0.2, 0.25) is 0 Å². The topological polar surface area (TPSA) is 139 Å². The Morgan fingerprint density at radius 3 is 1.16 bits per heavy atom. The second kappa shape index (κ2) is 26.9. The van der Waals surface area contributed by atoms with E-state index in [2.05, 4.69) is 48.9 Å². The number of carbonyl (C=O) groups excluding carboxylic acids is 5. The van der Waals surface area contributed by atoms with Crippen LogP contribution in [0.3, 0.4) is 0 Å². The Hall–Kier alpha value is -2.83. The van der Waals surface area contributed by atoms with E-state index in [1.54, 1.807) is 72.7 Å². The number of anilines is 1. The van der Waals surface area contributed by atoms with Gasteiger partial charge in [0.05, 0.1) is 5.33 Å². The molecule has 3 aromatic carbocycles. The van der Waals surface area contributed by atoms with Crippen LogP contribution in [0.4, 0.5) is 15.3 Å². The second-order valence-corrected chi connectivity index (χ2v) is 17.4. The van der Waals surface area contributed by atoms with Gasteiger partial charge in [-0.15, -0.1) is 0 Å². The van der Waals surface area contributed by atoms with Crippen molar-refractivity contribution in [1.29, 1.82) is 0 Å². The standard InChI is InChI=1S/C10H18O5.C9H9BrO.C9H10O.C8H9NO.CH4.2BrH.Cu/c1-9(2,3)14-7(11)13-8(12)15-10(4,5)6;1-7-2-4-8(5-3-7)9(11)6-10;1-7-3-5-9(6-4-7)8(2)10;1-6(10)7-2-4-8(9)5-3-7;;;;/h1-6H3;2-5H,6H2,1H3;3-6H,1-2H3;2-5H,9H2,1H3;1H4;2*1H;/q;;;;;;;+2/p-2. The first kappa shape index (κ1) is 51.5. The van der Waals surface area contributed by atoms with Crippen molar-refractivity contribution >= 4 is 79.5 Å². The quantitative estimate of drug-likeness (QED) is 0.0676. The normalized spacial score (nSPS) is 9.86. The minimum atomic E-state index is -1.06. The van der Waals surface area contributed by atoms with Crippen LogP contribution in [0.15, 0.2) is 72.8 Å². The number of nitrogens with two attached hydrogens (primary N) is 1. The van der Waals surface area contributed by atoms with Gasteiger partial charge in [-0.1, -0.05) is 83.0 Å². The van der Waals surface area contributed by atoms with Crippen LogP contribution in [0.25, 0.3) is 0 Å². The van der Waals surface area contributed by atoms with E-state index in [1.807, 2.05) is 62.4 Å². The predicted molar refractivity (Wildman–Crippen MR) is 209 cm³/mol. The van der Waals surface area contributed by atoms with Crippen molar-refractivity contribution in [2.75, 3.05) is 11.1 Å². The average Bonchev–Trinajstić information content (AvgIpc) is 2.97. The fraction of sp³-hybridized carbons (Fsp3) is 0.378. The minimum absolute atomic E-state index is 0. The Morgan fingerprint density at radius 2 is 0.900 bits per heavy atom. The monoisotopic (exact) mass is 936 g/mol. The van der Waals surface area contributed by atoms with Gasteiger partial charge in [-0.3, -0.25) is 14.4 Å². The summed E-state index contributed by atoms with van der Waals surface area (Å²) in [5, 5.41) is 0.399. The number of halogens is 3. The van der Waals surface area contributed by atoms with E-state index in [0.29, 0.717) is 16.6 Å². The predicted octanol–water partition coefficient (Wildman–Crippen LogP) is 11.4. The first-order chi connectivity index (χ1) is 22.5. The molecule has 0 bridgehead atoms. The first-order valence-corrected chi connectivity index (χ1v) is 20.4. The fourth-order valence-corrected chi connectivity index (χ4v) is 3.26. The van der Waals surface area contributed by atoms with E-state index in [0.717, 1.165) is 11.1 Å². The Bertz CT molecular complexity index is 1370. The summed E-state index contributed by atoms with van der Waals surface area (Å²) in [6.07, 6.45) is -2.12. The molecule has 0 amide bonds. The van der Waals surface area contributed by atoms with Gasteiger partial charge in [-0.05, 0) is 93.5 Å². The van der Waals surface area contributed by atoms with Crippen molar-refractivity contribution in [3.05, 3.63) is 101 Å². The molecular formula is C37H50Br3CuNO8. The zero-order valence-corrected chi connectivity index (χ0v) is 35.1. The van der Waals surface area contributed by atoms with Gasteiger partial charge in [0.15, 0.2) is 17.3 Å². The summed E-state index contributed by atoms with van der Waals surface area (Å²) >= 11 is 10.5. The number of ketones is 3. The van der Waals surface area contributed by atoms with Crippen LogP contribution in [0.5, 0.6) is 0 Å². The molecule has 0 aliphatic rings. The molecule has 0 spiro atoms. The molecule has 13 heteroatoms. The van der Waals surface area contributed by atoms with E-state index < -0.39 is 23.5 Å². The van der Waals surface area contributed by atoms with E-state index >= 15 is 0 Å². The van der Waals surface area contributed by atoms with Crippen LogP contribution in [-0.4, -0.2) is 46.2 Å². The molecule has 0 heterocycles. The summed E-state index contributed by atoms with van der Waals surface area (Å²) in [6.45, 7) is 17.1. The van der Waals surface area contributed by atoms with Crippen LogP contribution in [-0.2, 0) is 25.6 Å². The van der Waals surface area contributed by atoms with E-state index in [-0.39, 0.29) is 24.8 Å². The van der Waals surface area contributed by atoms with Crippen LogP contribution >= 0.6 is 44.2 Å². The molecule has 0 fully saturated rings. The van der Waals surface area contributed by atoms with Crippen molar-refractivity contribution in [3.63, 3.8) is 0 Å². The molecular weight excluding hydrogens is 890 g/mol. The van der Waals surface area contributed by atoms with E-state index in [9.17, 15) is 24.0 Å². The van der Waals surface area contributed by atoms with Gasteiger partial charge in [-0.25, -0.2) is 9.59 Å². The van der Waals surface area contributed by atoms with Gasteiger partial charge in [0.25, 0.3) is 0 Å². The summed E-state index contributed by atoms with van der Waals surface area (Å²) in [4.78, 5) is 54.6. The summed E-state index contributed by atoms with van der Waals surface area (Å²) < 4.78 is 13.8. The van der Waals surface area contributed by atoms with Gasteiger partial charge in [0.2, 0.25) is 0 Å². The number of ether oxygens (including phenoxy) is 3. The summed E-state index contributed by atoms with van der Waals surface area (Å²) in [5.74, 6) is 0.324. The number of rotatable bonds is 4. The van der Waals surface area contributed by atoms with E-state index in [1.165, 1.54) is 29.4 Å². The SMILES string of the molecule is C.CC(=O)c1ccc(C)cc1.CC(=O)c1ccc(N)cc1.CC(C)(C)OC(=O)OC(=O)OC(C)(C)C.Cc1ccc(C(=O)CBr)cc1.[Br][Cu][Br]. The number of hydrogen-bond acceptors (Lipinski definition) is 9. The van der Waals surface area contributed by atoms with Crippen LogP contribution in [0.1, 0.15) is 105 Å². The van der Waals surface area contributed by atoms with Gasteiger partial charge in [0.1, 0.15) is 11.2 Å². The fourth-order valence-electron chi connectivity index (χ4n) is 2.93. The number of Topliss-reactive ketones (excluding diaryl/α,β-unsaturated/α-hetero) is 3. The van der Waals surface area contributed by atoms with Gasteiger partial charge < -0.3 is 19.9 Å². The maximum atomic E-state index is 11.1. The van der Waals surface area contributed by atoms with Gasteiger partial charge in [-0.2, -0.15) is 0 Å². The molecule has 2 N–H and O–H groups in total. The third-order valence-corrected chi connectivity index (χ3v) is 5.73. The molecule has 0 atom stereocenters. The summed E-state index contributed by atoms with van der Waals surface area (Å²) in [6, 6.07) is 22.0. The van der Waals surface area contributed by atoms with Crippen LogP contribution in [0, 0.1) is 13.8 Å². The molecule has 0 radical (unpaired) electrons. The molecule has 0 aliphatic heterocycles.